The molecule has 0 aromatic rings. The van der Waals surface area contributed by atoms with Crippen LogP contribution in [0.25, 0.3) is 0 Å². The zero-order chi connectivity index (χ0) is 18.5. The Balaban J connectivity index is 1.30. The van der Waals surface area contributed by atoms with Crippen LogP contribution in [0.3, 0.4) is 0 Å². The van der Waals surface area contributed by atoms with Crippen molar-refractivity contribution in [2.75, 3.05) is 65.7 Å². The molecule has 3 aliphatic heterocycles. The molecule has 4 rings (SSSR count). The highest BCUT2D eigenvalue weighted by molar-refractivity contribution is 5.80. The molecule has 3 saturated heterocycles. The summed E-state index contributed by atoms with van der Waals surface area (Å²) in [6.07, 6.45) is 7.99. The fourth-order valence-corrected chi connectivity index (χ4v) is 5.06. The summed E-state index contributed by atoms with van der Waals surface area (Å²) in [7, 11) is 0. The number of ether oxygens (including phenoxy) is 2. The lowest BCUT2D eigenvalue weighted by Gasteiger charge is -2.37. The van der Waals surface area contributed by atoms with E-state index in [-0.39, 0.29) is 0 Å². The van der Waals surface area contributed by atoms with Gasteiger partial charge >= 0.3 is 0 Å². The topological polar surface area (TPSA) is 45.2 Å². The maximum absolute atomic E-state index is 13.1. The Morgan fingerprint density at radius 3 is 2.37 bits per heavy atom. The van der Waals surface area contributed by atoms with Gasteiger partial charge in [0.1, 0.15) is 0 Å². The molecule has 4 aliphatic rings. The standard InChI is InChI=1S/C21H37N3O3/c25-21(18-3-1-4-18)24(9-2-8-22-11-15-27-16-12-22)20-5-10-23(17-20)19-6-13-26-14-7-19/h18-20H,1-17H2. The van der Waals surface area contributed by atoms with Gasteiger partial charge in [0.2, 0.25) is 5.91 Å². The van der Waals surface area contributed by atoms with E-state index in [1.54, 1.807) is 0 Å². The van der Waals surface area contributed by atoms with Crippen LogP contribution < -0.4 is 0 Å². The van der Waals surface area contributed by atoms with Crippen molar-refractivity contribution in [2.24, 2.45) is 5.92 Å². The van der Waals surface area contributed by atoms with Crippen molar-refractivity contribution in [3.63, 3.8) is 0 Å². The average molecular weight is 380 g/mol. The summed E-state index contributed by atoms with van der Waals surface area (Å²) in [5.74, 6) is 0.757. The van der Waals surface area contributed by atoms with Gasteiger partial charge in [-0.1, -0.05) is 6.42 Å². The summed E-state index contributed by atoms with van der Waals surface area (Å²) >= 11 is 0. The maximum Gasteiger partial charge on any atom is 0.225 e. The first-order valence-electron chi connectivity index (χ1n) is 11.2. The Kier molecular flexibility index (Phi) is 7.03. The number of carbonyl (C=O) groups excluding carboxylic acids is 1. The first-order valence-corrected chi connectivity index (χ1v) is 11.2. The van der Waals surface area contributed by atoms with Crippen LogP contribution in [0.15, 0.2) is 0 Å². The third kappa shape index (κ3) is 5.03. The molecular weight excluding hydrogens is 342 g/mol. The van der Waals surface area contributed by atoms with Crippen molar-refractivity contribution < 1.29 is 14.3 Å². The molecule has 0 aromatic carbocycles. The monoisotopic (exact) mass is 379 g/mol. The summed E-state index contributed by atoms with van der Waals surface area (Å²) < 4.78 is 11.0. The lowest BCUT2D eigenvalue weighted by atomic mass is 9.84. The number of carbonyl (C=O) groups is 1. The second-order valence-corrected chi connectivity index (χ2v) is 8.75. The fraction of sp³-hybridized carbons (Fsp3) is 0.952. The number of amides is 1. The Morgan fingerprint density at radius 2 is 1.67 bits per heavy atom. The van der Waals surface area contributed by atoms with Crippen LogP contribution >= 0.6 is 0 Å². The van der Waals surface area contributed by atoms with Gasteiger partial charge in [-0.3, -0.25) is 14.6 Å². The number of nitrogens with zero attached hydrogens (tertiary/aromatic N) is 3. The summed E-state index contributed by atoms with van der Waals surface area (Å²) in [4.78, 5) is 20.5. The predicted octanol–water partition coefficient (Wildman–Crippen LogP) is 1.59. The molecule has 4 fully saturated rings. The first-order chi connectivity index (χ1) is 13.3. The summed E-state index contributed by atoms with van der Waals surface area (Å²) in [6, 6.07) is 1.09. The summed E-state index contributed by atoms with van der Waals surface area (Å²) in [6.45, 7) is 9.82. The highest BCUT2D eigenvalue weighted by Gasteiger charge is 2.37. The van der Waals surface area contributed by atoms with Crippen molar-refractivity contribution in [1.29, 1.82) is 0 Å². The number of likely N-dealkylation sites (tertiary alicyclic amines) is 1. The molecule has 1 aliphatic carbocycles. The molecule has 6 heteroatoms. The van der Waals surface area contributed by atoms with Crippen molar-refractivity contribution >= 4 is 5.91 Å². The fourth-order valence-electron chi connectivity index (χ4n) is 5.06. The molecule has 1 unspecified atom stereocenters. The van der Waals surface area contributed by atoms with E-state index in [1.165, 1.54) is 6.42 Å². The predicted molar refractivity (Wildman–Crippen MR) is 105 cm³/mol. The van der Waals surface area contributed by atoms with Gasteiger partial charge in [0.15, 0.2) is 0 Å². The SMILES string of the molecule is O=C(C1CCC1)N(CCCN1CCOCC1)C1CCN(C2CCOCC2)C1. The smallest absolute Gasteiger partial charge is 0.225 e. The molecule has 0 N–H and O–H groups in total. The number of hydrogen-bond acceptors (Lipinski definition) is 5. The molecule has 1 atom stereocenters. The van der Waals surface area contributed by atoms with Crippen LogP contribution in [-0.2, 0) is 14.3 Å². The van der Waals surface area contributed by atoms with Gasteiger partial charge in [-0.2, -0.15) is 0 Å². The summed E-state index contributed by atoms with van der Waals surface area (Å²) in [5.41, 5.74) is 0. The lowest BCUT2D eigenvalue weighted by Crippen LogP contribution is -2.48. The van der Waals surface area contributed by atoms with Crippen molar-refractivity contribution in [1.82, 2.24) is 14.7 Å². The second-order valence-electron chi connectivity index (χ2n) is 8.75. The highest BCUT2D eigenvalue weighted by atomic mass is 16.5. The molecule has 154 valence electrons. The van der Waals surface area contributed by atoms with Gasteiger partial charge in [0, 0.05) is 70.5 Å². The number of hydrogen-bond donors (Lipinski definition) is 0. The van der Waals surface area contributed by atoms with Gasteiger partial charge < -0.3 is 14.4 Å². The zero-order valence-corrected chi connectivity index (χ0v) is 16.8. The molecule has 6 nitrogen and oxygen atoms in total. The molecule has 0 radical (unpaired) electrons. The molecule has 1 amide bonds. The number of morpholine rings is 1. The minimum Gasteiger partial charge on any atom is -0.381 e. The Hall–Kier alpha value is -0.690. The van der Waals surface area contributed by atoms with E-state index in [0.29, 0.717) is 23.9 Å². The van der Waals surface area contributed by atoms with Crippen molar-refractivity contribution in [3.05, 3.63) is 0 Å². The van der Waals surface area contributed by atoms with E-state index < -0.39 is 0 Å². The average Bonchev–Trinajstić information content (AvgIpc) is 3.15. The van der Waals surface area contributed by atoms with Gasteiger partial charge in [-0.25, -0.2) is 0 Å². The minimum absolute atomic E-state index is 0.311. The van der Waals surface area contributed by atoms with Crippen molar-refractivity contribution in [2.45, 2.75) is 57.0 Å². The summed E-state index contributed by atoms with van der Waals surface area (Å²) in [5, 5.41) is 0. The quantitative estimate of drug-likeness (QED) is 0.672. The molecule has 0 spiro atoms. The first kappa shape index (κ1) is 19.6. The normalized spacial score (nSPS) is 29.0. The highest BCUT2D eigenvalue weighted by Crippen LogP contribution is 2.31. The van der Waals surface area contributed by atoms with Crippen LogP contribution in [-0.4, -0.2) is 98.4 Å². The van der Waals surface area contributed by atoms with Crippen LogP contribution in [0, 0.1) is 5.92 Å². The van der Waals surface area contributed by atoms with Gasteiger partial charge in [-0.05, 0) is 38.5 Å². The lowest BCUT2D eigenvalue weighted by molar-refractivity contribution is -0.140. The number of rotatable bonds is 7. The third-order valence-electron chi connectivity index (χ3n) is 7.06. The van der Waals surface area contributed by atoms with Crippen LogP contribution in [0.2, 0.25) is 0 Å². The van der Waals surface area contributed by atoms with E-state index in [4.69, 9.17) is 9.47 Å². The van der Waals surface area contributed by atoms with Crippen molar-refractivity contribution in [3.8, 4) is 0 Å². The molecule has 0 aromatic heterocycles. The van der Waals surface area contributed by atoms with E-state index in [0.717, 1.165) is 104 Å². The van der Waals surface area contributed by atoms with Crippen LogP contribution in [0.1, 0.15) is 44.9 Å². The molecule has 3 heterocycles. The van der Waals surface area contributed by atoms with E-state index >= 15 is 0 Å². The Morgan fingerprint density at radius 1 is 0.926 bits per heavy atom. The molecule has 1 saturated carbocycles. The van der Waals surface area contributed by atoms with Crippen LogP contribution in [0.4, 0.5) is 0 Å². The van der Waals surface area contributed by atoms with E-state index in [9.17, 15) is 4.79 Å². The largest absolute Gasteiger partial charge is 0.381 e. The zero-order valence-electron chi connectivity index (χ0n) is 16.8. The van der Waals surface area contributed by atoms with Gasteiger partial charge in [0.25, 0.3) is 0 Å². The third-order valence-corrected chi connectivity index (χ3v) is 7.06. The molecule has 27 heavy (non-hydrogen) atoms. The Bertz CT molecular complexity index is 473. The Labute approximate surface area is 164 Å². The molecular formula is C21H37N3O3. The van der Waals surface area contributed by atoms with Gasteiger partial charge in [0.05, 0.1) is 13.2 Å². The van der Waals surface area contributed by atoms with E-state index in [2.05, 4.69) is 14.7 Å². The van der Waals surface area contributed by atoms with E-state index in [1.807, 2.05) is 0 Å². The van der Waals surface area contributed by atoms with Crippen LogP contribution in [0.5, 0.6) is 0 Å². The van der Waals surface area contributed by atoms with Gasteiger partial charge in [-0.15, -0.1) is 0 Å². The minimum atomic E-state index is 0.311. The second kappa shape index (κ2) is 9.68. The molecule has 0 bridgehead atoms. The maximum atomic E-state index is 13.1.